The van der Waals surface area contributed by atoms with Gasteiger partial charge in [-0.05, 0) is 89.4 Å². The smallest absolute Gasteiger partial charge is 0.276 e. The second kappa shape index (κ2) is 13.1. The summed E-state index contributed by atoms with van der Waals surface area (Å²) >= 11 is 0. The zero-order chi connectivity index (χ0) is 33.2. The summed E-state index contributed by atoms with van der Waals surface area (Å²) in [7, 11) is 1.86. The fourth-order valence-corrected chi connectivity index (χ4v) is 6.04. The summed E-state index contributed by atoms with van der Waals surface area (Å²) in [5.74, 6) is 0.481. The SMILES string of the molecule is CCn1nc(C)cc1C(=O)Nc1nc2cc(C)ccc2n1CCCCn1c(NC(=O)c2cc(C)nn2CC)nc2c(NC)cccc21. The van der Waals surface area contributed by atoms with E-state index in [2.05, 4.69) is 41.3 Å². The van der Waals surface area contributed by atoms with E-state index in [4.69, 9.17) is 9.97 Å². The number of aromatic nitrogens is 8. The van der Waals surface area contributed by atoms with Crippen LogP contribution in [0.25, 0.3) is 22.1 Å². The van der Waals surface area contributed by atoms with Crippen molar-refractivity contribution in [3.8, 4) is 0 Å². The van der Waals surface area contributed by atoms with Crippen LogP contribution >= 0.6 is 0 Å². The van der Waals surface area contributed by atoms with Crippen molar-refractivity contribution in [3.63, 3.8) is 0 Å². The second-order valence-corrected chi connectivity index (χ2v) is 11.7. The van der Waals surface area contributed by atoms with Crippen molar-refractivity contribution in [2.24, 2.45) is 0 Å². The van der Waals surface area contributed by atoms with Gasteiger partial charge >= 0.3 is 0 Å². The maximum absolute atomic E-state index is 13.4. The number of para-hydroxylation sites is 1. The Balaban J connectivity index is 1.24. The summed E-state index contributed by atoms with van der Waals surface area (Å²) in [5, 5.41) is 18.2. The molecule has 0 aliphatic carbocycles. The van der Waals surface area contributed by atoms with Crippen molar-refractivity contribution in [2.45, 2.75) is 73.6 Å². The van der Waals surface area contributed by atoms with Crippen molar-refractivity contribution < 1.29 is 9.59 Å². The molecule has 0 atom stereocenters. The monoisotopic (exact) mass is 635 g/mol. The minimum absolute atomic E-state index is 0.244. The van der Waals surface area contributed by atoms with Gasteiger partial charge in [-0.1, -0.05) is 12.1 Å². The largest absolute Gasteiger partial charge is 0.386 e. The number of rotatable bonds is 12. The van der Waals surface area contributed by atoms with E-state index in [0.29, 0.717) is 49.5 Å². The van der Waals surface area contributed by atoms with Crippen molar-refractivity contribution in [1.82, 2.24) is 38.7 Å². The van der Waals surface area contributed by atoms with E-state index in [1.807, 2.05) is 72.0 Å². The van der Waals surface area contributed by atoms with E-state index in [-0.39, 0.29) is 11.8 Å². The molecule has 0 aliphatic rings. The number of carbonyl (C=O) groups excluding carboxylic acids is 2. The third kappa shape index (κ3) is 6.20. The van der Waals surface area contributed by atoms with Crippen LogP contribution in [0.5, 0.6) is 0 Å². The summed E-state index contributed by atoms with van der Waals surface area (Å²) in [6, 6.07) is 15.7. The van der Waals surface area contributed by atoms with Crippen LogP contribution in [-0.4, -0.2) is 57.5 Å². The van der Waals surface area contributed by atoms with E-state index in [1.165, 1.54) is 0 Å². The third-order valence-corrected chi connectivity index (χ3v) is 8.28. The number of fused-ring (bicyclic) bond motifs is 2. The predicted octanol–water partition coefficient (Wildman–Crippen LogP) is 5.77. The molecule has 2 amide bonds. The Bertz CT molecular complexity index is 2100. The Morgan fingerprint density at radius 2 is 1.30 bits per heavy atom. The molecule has 0 radical (unpaired) electrons. The average molecular weight is 636 g/mol. The van der Waals surface area contributed by atoms with Crippen LogP contribution in [0, 0.1) is 20.8 Å². The lowest BCUT2D eigenvalue weighted by Gasteiger charge is -2.13. The highest BCUT2D eigenvalue weighted by Gasteiger charge is 2.21. The molecule has 0 aliphatic heterocycles. The number of imidazole rings is 2. The molecular formula is C34H41N11O2. The number of carbonyl (C=O) groups is 2. The van der Waals surface area contributed by atoms with Crippen LogP contribution < -0.4 is 16.0 Å². The van der Waals surface area contributed by atoms with Gasteiger partial charge in [-0.2, -0.15) is 10.2 Å². The van der Waals surface area contributed by atoms with Crippen LogP contribution in [0.3, 0.4) is 0 Å². The first kappa shape index (κ1) is 31.5. The van der Waals surface area contributed by atoms with Gasteiger partial charge in [0.1, 0.15) is 16.9 Å². The van der Waals surface area contributed by atoms with Gasteiger partial charge in [0.15, 0.2) is 0 Å². The number of amides is 2. The molecule has 13 nitrogen and oxygen atoms in total. The highest BCUT2D eigenvalue weighted by Crippen LogP contribution is 2.28. The summed E-state index contributed by atoms with van der Waals surface area (Å²) in [6.45, 7) is 12.1. The van der Waals surface area contributed by atoms with E-state index in [1.54, 1.807) is 21.5 Å². The number of nitrogens with one attached hydrogen (secondary N) is 3. The van der Waals surface area contributed by atoms with E-state index in [9.17, 15) is 9.59 Å². The molecule has 0 bridgehead atoms. The first-order valence-corrected chi connectivity index (χ1v) is 16.1. The number of aryl methyl sites for hydroxylation is 7. The number of anilines is 3. The molecule has 47 heavy (non-hydrogen) atoms. The zero-order valence-electron chi connectivity index (χ0n) is 27.8. The lowest BCUT2D eigenvalue weighted by Crippen LogP contribution is -2.20. The van der Waals surface area contributed by atoms with E-state index >= 15 is 0 Å². The standard InChI is InChI=1S/C34H41N11O2/c1-7-44-28(19-22(4)40-44)31(46)38-33-36-25-18-21(3)14-15-26(25)42(33)16-9-10-17-43-27-13-11-12-24(35-6)30(27)37-34(43)39-32(47)29-20-23(5)41-45(29)8-2/h11-15,18-20,35H,7-10,16-17H2,1-6H3,(H,36,38,46)(H,37,39,47). The quantitative estimate of drug-likeness (QED) is 0.145. The van der Waals surface area contributed by atoms with Crippen molar-refractivity contribution in [1.29, 1.82) is 0 Å². The maximum Gasteiger partial charge on any atom is 0.276 e. The number of unbranched alkanes of at least 4 members (excludes halogenated alkanes) is 1. The lowest BCUT2D eigenvalue weighted by atomic mass is 10.2. The van der Waals surface area contributed by atoms with Gasteiger partial charge in [0.25, 0.3) is 11.8 Å². The Hall–Kier alpha value is -5.46. The van der Waals surface area contributed by atoms with Gasteiger partial charge in [0.2, 0.25) is 11.9 Å². The van der Waals surface area contributed by atoms with Gasteiger partial charge < -0.3 is 14.5 Å². The molecule has 0 spiro atoms. The zero-order valence-corrected chi connectivity index (χ0v) is 27.8. The number of benzene rings is 2. The van der Waals surface area contributed by atoms with E-state index in [0.717, 1.165) is 57.5 Å². The fourth-order valence-electron chi connectivity index (χ4n) is 6.04. The Morgan fingerprint density at radius 1 is 0.723 bits per heavy atom. The van der Waals surface area contributed by atoms with Gasteiger partial charge in [-0.25, -0.2) is 9.97 Å². The molecule has 13 heteroatoms. The van der Waals surface area contributed by atoms with Crippen LogP contribution in [0.2, 0.25) is 0 Å². The molecule has 2 aromatic carbocycles. The Kier molecular flexibility index (Phi) is 8.79. The molecular weight excluding hydrogens is 594 g/mol. The molecule has 4 heterocycles. The number of hydrogen-bond acceptors (Lipinski definition) is 7. The molecule has 4 aromatic heterocycles. The molecule has 0 saturated carbocycles. The lowest BCUT2D eigenvalue weighted by molar-refractivity contribution is 0.100. The third-order valence-electron chi connectivity index (χ3n) is 8.28. The van der Waals surface area contributed by atoms with E-state index < -0.39 is 0 Å². The van der Waals surface area contributed by atoms with Crippen LogP contribution in [0.1, 0.15) is 64.6 Å². The highest BCUT2D eigenvalue weighted by molar-refractivity contribution is 6.04. The first-order chi connectivity index (χ1) is 22.7. The van der Waals surface area contributed by atoms with Gasteiger partial charge in [-0.15, -0.1) is 0 Å². The molecule has 244 valence electrons. The predicted molar refractivity (Wildman–Crippen MR) is 184 cm³/mol. The summed E-state index contributed by atoms with van der Waals surface area (Å²) in [5.41, 5.74) is 8.03. The highest BCUT2D eigenvalue weighted by atomic mass is 16.2. The fraction of sp³-hybridized carbons (Fsp3) is 0.353. The summed E-state index contributed by atoms with van der Waals surface area (Å²) in [6.07, 6.45) is 1.57. The van der Waals surface area contributed by atoms with Crippen LogP contribution in [0.4, 0.5) is 17.6 Å². The van der Waals surface area contributed by atoms with Crippen LogP contribution in [-0.2, 0) is 26.2 Å². The second-order valence-electron chi connectivity index (χ2n) is 11.7. The minimum Gasteiger partial charge on any atom is -0.386 e. The molecule has 6 aromatic rings. The molecule has 0 unspecified atom stereocenters. The number of hydrogen-bond donors (Lipinski definition) is 3. The summed E-state index contributed by atoms with van der Waals surface area (Å²) < 4.78 is 7.51. The Morgan fingerprint density at radius 3 is 1.87 bits per heavy atom. The average Bonchev–Trinajstić information content (AvgIpc) is 3.81. The van der Waals surface area contributed by atoms with Crippen molar-refractivity contribution in [2.75, 3.05) is 23.0 Å². The topological polar surface area (TPSA) is 142 Å². The molecule has 0 fully saturated rings. The van der Waals surface area contributed by atoms with Gasteiger partial charge in [0.05, 0.1) is 33.6 Å². The van der Waals surface area contributed by atoms with Gasteiger partial charge in [0, 0.05) is 33.2 Å². The molecule has 0 saturated heterocycles. The first-order valence-electron chi connectivity index (χ1n) is 16.1. The van der Waals surface area contributed by atoms with Crippen molar-refractivity contribution >= 4 is 51.5 Å². The van der Waals surface area contributed by atoms with Crippen LogP contribution in [0.15, 0.2) is 48.5 Å². The Labute approximate surface area is 273 Å². The molecule has 3 N–H and O–H groups in total. The summed E-state index contributed by atoms with van der Waals surface area (Å²) in [4.78, 5) is 36.4. The molecule has 6 rings (SSSR count). The maximum atomic E-state index is 13.4. The normalized spacial score (nSPS) is 11.4. The number of nitrogens with zero attached hydrogens (tertiary/aromatic N) is 8. The minimum atomic E-state index is -0.254. The van der Waals surface area contributed by atoms with Crippen molar-refractivity contribution in [3.05, 3.63) is 76.9 Å². The van der Waals surface area contributed by atoms with Gasteiger partial charge in [-0.3, -0.25) is 29.6 Å².